The first kappa shape index (κ1) is 27.8. The Bertz CT molecular complexity index is 1320. The molecule has 2 saturated heterocycles. The molecule has 3 fully saturated rings. The van der Waals surface area contributed by atoms with E-state index in [1.54, 1.807) is 18.3 Å². The number of nitrogens with one attached hydrogen (secondary N) is 3. The number of aliphatic hydroxyl groups is 1. The summed E-state index contributed by atoms with van der Waals surface area (Å²) in [6.07, 6.45) is 5.97. The van der Waals surface area contributed by atoms with Gasteiger partial charge in [0.05, 0.1) is 31.4 Å². The molecule has 5 heterocycles. The van der Waals surface area contributed by atoms with Gasteiger partial charge in [-0.3, -0.25) is 14.9 Å². The molecule has 214 valence electrons. The van der Waals surface area contributed by atoms with Gasteiger partial charge in [-0.1, -0.05) is 43.1 Å². The van der Waals surface area contributed by atoms with Crippen molar-refractivity contribution in [3.8, 4) is 0 Å². The molecule has 9 nitrogen and oxygen atoms in total. The van der Waals surface area contributed by atoms with Crippen molar-refractivity contribution >= 4 is 40.8 Å². The van der Waals surface area contributed by atoms with Crippen LogP contribution in [0.1, 0.15) is 69.4 Å². The van der Waals surface area contributed by atoms with Gasteiger partial charge in [0.1, 0.15) is 21.5 Å². The normalized spacial score (nSPS) is 32.2. The number of hydrogen-bond donors (Lipinski definition) is 4. The highest BCUT2D eigenvalue weighted by Gasteiger charge is 2.73. The fourth-order valence-electron chi connectivity index (χ4n) is 7.52. The van der Waals surface area contributed by atoms with Crippen molar-refractivity contribution in [1.82, 2.24) is 20.6 Å². The summed E-state index contributed by atoms with van der Waals surface area (Å²) in [6.45, 7) is 4.78. The van der Waals surface area contributed by atoms with Crippen molar-refractivity contribution in [2.75, 3.05) is 18.5 Å². The first-order chi connectivity index (χ1) is 19.1. The van der Waals surface area contributed by atoms with E-state index in [0.717, 1.165) is 24.0 Å². The monoisotopic (exact) mass is 587 g/mol. The van der Waals surface area contributed by atoms with Crippen LogP contribution < -0.4 is 16.0 Å². The van der Waals surface area contributed by atoms with Gasteiger partial charge in [0.2, 0.25) is 11.8 Å². The SMILES string of the molecule is CC1(C)CCC2(CC1)N[C@@H](C(=O)N[C@@H]1CC[C@@H](CO)OC1)[C@H](c1ccnc(Cl)c1)[C@]21C(=O)Nc2nc(Cl)ccc21. The summed E-state index contributed by atoms with van der Waals surface area (Å²) < 4.78 is 5.74. The number of aliphatic hydroxyl groups excluding tert-OH is 1. The molecule has 2 amide bonds. The summed E-state index contributed by atoms with van der Waals surface area (Å²) in [4.78, 5) is 37.3. The van der Waals surface area contributed by atoms with Gasteiger partial charge in [0.15, 0.2) is 0 Å². The Balaban J connectivity index is 1.48. The van der Waals surface area contributed by atoms with Crippen LogP contribution in [0.2, 0.25) is 10.3 Å². The molecule has 11 heteroatoms. The number of halogens is 2. The number of fused-ring (bicyclic) bond motifs is 3. The van der Waals surface area contributed by atoms with E-state index in [0.29, 0.717) is 43.3 Å². The Hall–Kier alpha value is -2.30. The molecule has 1 saturated carbocycles. The Labute approximate surface area is 243 Å². The van der Waals surface area contributed by atoms with Crippen LogP contribution in [0.4, 0.5) is 5.82 Å². The Kier molecular flexibility index (Phi) is 7.11. The minimum atomic E-state index is -1.13. The van der Waals surface area contributed by atoms with Gasteiger partial charge < -0.3 is 20.5 Å². The van der Waals surface area contributed by atoms with Gasteiger partial charge in [-0.05, 0) is 67.7 Å². The summed E-state index contributed by atoms with van der Waals surface area (Å²) in [5.41, 5.74) is -0.223. The van der Waals surface area contributed by atoms with Crippen LogP contribution in [-0.4, -0.2) is 63.8 Å². The molecular formula is C29H35Cl2N5O4. The van der Waals surface area contributed by atoms with Gasteiger partial charge in [-0.25, -0.2) is 9.97 Å². The van der Waals surface area contributed by atoms with Crippen molar-refractivity contribution in [1.29, 1.82) is 0 Å². The molecule has 1 aliphatic carbocycles. The topological polar surface area (TPSA) is 125 Å². The molecule has 0 radical (unpaired) electrons. The van der Waals surface area contributed by atoms with Crippen LogP contribution in [0, 0.1) is 5.41 Å². The average molecular weight is 589 g/mol. The summed E-state index contributed by atoms with van der Waals surface area (Å²) in [6, 6.07) is 6.27. The predicted molar refractivity (Wildman–Crippen MR) is 151 cm³/mol. The number of ether oxygens (including phenoxy) is 1. The number of carbonyl (C=O) groups is 2. The van der Waals surface area contributed by atoms with E-state index < -0.39 is 22.9 Å². The van der Waals surface area contributed by atoms with Gasteiger partial charge >= 0.3 is 0 Å². The lowest BCUT2D eigenvalue weighted by molar-refractivity contribution is -0.126. The van der Waals surface area contributed by atoms with E-state index in [1.165, 1.54) is 0 Å². The maximum Gasteiger partial charge on any atom is 0.238 e. The molecule has 2 aromatic heterocycles. The molecule has 4 N–H and O–H groups in total. The van der Waals surface area contributed by atoms with Gasteiger partial charge in [-0.2, -0.15) is 0 Å². The van der Waals surface area contributed by atoms with E-state index in [4.69, 9.17) is 27.9 Å². The number of pyridine rings is 2. The Morgan fingerprint density at radius 2 is 1.93 bits per heavy atom. The van der Waals surface area contributed by atoms with Gasteiger partial charge in [0.25, 0.3) is 0 Å². The standard InChI is InChI=1S/C29H35Cl2N5O4/c1-27(2)8-10-28(11-9-27)29(19-5-6-20(30)34-24(19)35-26(29)39)22(16-7-12-32-21(31)13-16)23(36-28)25(38)33-17-3-4-18(14-37)40-15-17/h5-7,12-13,17-18,22-23,36-37H,3-4,8-11,14-15H2,1-2H3,(H,33,38)(H,34,35,39)/t17-,18+,22+,23-,29-/m1/s1. The molecule has 0 unspecified atom stereocenters. The second-order valence-corrected chi connectivity index (χ2v) is 13.2. The van der Waals surface area contributed by atoms with Crippen molar-refractivity contribution in [3.05, 3.63) is 51.9 Å². The molecule has 2 aromatic rings. The fourth-order valence-corrected chi connectivity index (χ4v) is 7.85. The van der Waals surface area contributed by atoms with Crippen molar-refractivity contribution < 1.29 is 19.4 Å². The summed E-state index contributed by atoms with van der Waals surface area (Å²) in [5, 5.41) is 20.0. The second-order valence-electron chi connectivity index (χ2n) is 12.5. The maximum absolute atomic E-state index is 14.4. The molecule has 3 aliphatic heterocycles. The van der Waals surface area contributed by atoms with Crippen molar-refractivity contribution in [3.63, 3.8) is 0 Å². The number of carbonyl (C=O) groups excluding carboxylic acids is 2. The largest absolute Gasteiger partial charge is 0.394 e. The molecule has 40 heavy (non-hydrogen) atoms. The molecule has 0 aromatic carbocycles. The number of anilines is 1. The highest BCUT2D eigenvalue weighted by atomic mass is 35.5. The van der Waals surface area contributed by atoms with Crippen LogP contribution in [0.3, 0.4) is 0 Å². The molecule has 2 spiro atoms. The lowest BCUT2D eigenvalue weighted by Crippen LogP contribution is -2.61. The molecule has 6 rings (SSSR count). The zero-order valence-electron chi connectivity index (χ0n) is 22.7. The molecule has 5 atom stereocenters. The molecule has 0 bridgehead atoms. The van der Waals surface area contributed by atoms with Gasteiger partial charge in [0, 0.05) is 23.2 Å². The van der Waals surface area contributed by atoms with Gasteiger partial charge in [-0.15, -0.1) is 0 Å². The smallest absolute Gasteiger partial charge is 0.238 e. The predicted octanol–water partition coefficient (Wildman–Crippen LogP) is 3.72. The third kappa shape index (κ3) is 4.41. The minimum absolute atomic E-state index is 0.0380. The van der Waals surface area contributed by atoms with E-state index in [2.05, 4.69) is 39.8 Å². The quantitative estimate of drug-likeness (QED) is 0.402. The lowest BCUT2D eigenvalue weighted by atomic mass is 9.53. The highest BCUT2D eigenvalue weighted by molar-refractivity contribution is 6.30. The van der Waals surface area contributed by atoms with Crippen LogP contribution in [0.5, 0.6) is 0 Å². The summed E-state index contributed by atoms with van der Waals surface area (Å²) in [7, 11) is 0. The average Bonchev–Trinajstić information content (AvgIpc) is 3.39. The summed E-state index contributed by atoms with van der Waals surface area (Å²) in [5.74, 6) is -0.540. The zero-order valence-corrected chi connectivity index (χ0v) is 24.2. The number of rotatable bonds is 4. The number of aromatic nitrogens is 2. The van der Waals surface area contributed by atoms with Crippen LogP contribution in [0.15, 0.2) is 30.5 Å². The van der Waals surface area contributed by atoms with E-state index in [9.17, 15) is 14.7 Å². The van der Waals surface area contributed by atoms with Crippen LogP contribution in [-0.2, 0) is 19.7 Å². The van der Waals surface area contributed by atoms with E-state index >= 15 is 0 Å². The fraction of sp³-hybridized carbons (Fsp3) is 0.586. The number of nitrogens with zero attached hydrogens (tertiary/aromatic N) is 2. The summed E-state index contributed by atoms with van der Waals surface area (Å²) >= 11 is 12.7. The zero-order chi connectivity index (χ0) is 28.3. The number of hydrogen-bond acceptors (Lipinski definition) is 7. The Morgan fingerprint density at radius 3 is 2.60 bits per heavy atom. The van der Waals surface area contributed by atoms with Crippen LogP contribution >= 0.6 is 23.2 Å². The van der Waals surface area contributed by atoms with Crippen molar-refractivity contribution in [2.45, 2.75) is 87.4 Å². The first-order valence-corrected chi connectivity index (χ1v) is 14.7. The third-order valence-corrected chi connectivity index (χ3v) is 10.0. The second kappa shape index (κ2) is 10.2. The lowest BCUT2D eigenvalue weighted by Gasteiger charge is -2.50. The molecular weight excluding hydrogens is 553 g/mol. The third-order valence-electron chi connectivity index (χ3n) is 9.63. The van der Waals surface area contributed by atoms with E-state index in [1.807, 2.05) is 12.1 Å². The van der Waals surface area contributed by atoms with Crippen molar-refractivity contribution in [2.24, 2.45) is 5.41 Å². The maximum atomic E-state index is 14.4. The minimum Gasteiger partial charge on any atom is -0.394 e. The molecule has 4 aliphatic rings. The Morgan fingerprint density at radius 1 is 1.15 bits per heavy atom. The number of amides is 2. The first-order valence-electron chi connectivity index (χ1n) is 14.0. The van der Waals surface area contributed by atoms with Crippen LogP contribution in [0.25, 0.3) is 0 Å². The van der Waals surface area contributed by atoms with E-state index in [-0.39, 0.29) is 41.1 Å². The highest BCUT2D eigenvalue weighted by Crippen LogP contribution is 2.63.